The molecule has 0 heteroatoms. The highest BCUT2D eigenvalue weighted by atomic mass is 13.7. The third kappa shape index (κ3) is 5.30. The van der Waals surface area contributed by atoms with Gasteiger partial charge in [0, 0.05) is 0 Å². The first-order chi connectivity index (χ1) is 3.91. The van der Waals surface area contributed by atoms with Crippen LogP contribution in [-0.2, 0) is 0 Å². The predicted octanol–water partition coefficient (Wildman–Crippen LogP) is 2.67. The minimum Gasteiger partial charge on any atom is -0.0753 e. The fourth-order valence-corrected chi connectivity index (χ4v) is 0.359. The van der Waals surface area contributed by atoms with Crippen molar-refractivity contribution < 1.29 is 0 Å². The van der Waals surface area contributed by atoms with Crippen LogP contribution in [0, 0.1) is 0 Å². The lowest BCUT2D eigenvalue weighted by Crippen LogP contribution is -1.54. The van der Waals surface area contributed by atoms with Crippen molar-refractivity contribution >= 4 is 0 Å². The predicted molar refractivity (Wildman–Crippen MR) is 36.7 cm³/mol. The van der Waals surface area contributed by atoms with E-state index in [2.05, 4.69) is 18.4 Å². The zero-order chi connectivity index (χ0) is 6.24. The molecule has 0 aliphatic rings. The molecule has 0 unspecified atom stereocenters. The second-order valence-corrected chi connectivity index (χ2v) is 1.57. The van der Waals surface area contributed by atoms with Crippen LogP contribution in [0.4, 0.5) is 0 Å². The molecule has 0 atom stereocenters. The zero-order valence-electron chi connectivity index (χ0n) is 5.57. The molecule has 0 N–H and O–H groups in total. The maximum Gasteiger partial charge on any atom is -0.0271 e. The SMILES string of the molecule is CC=C=C=CCCC. The van der Waals surface area contributed by atoms with Crippen LogP contribution < -0.4 is 0 Å². The molecule has 0 saturated heterocycles. The van der Waals surface area contributed by atoms with Gasteiger partial charge >= 0.3 is 0 Å². The summed E-state index contributed by atoms with van der Waals surface area (Å²) in [5.41, 5.74) is 5.76. The van der Waals surface area contributed by atoms with Crippen LogP contribution in [-0.4, -0.2) is 0 Å². The van der Waals surface area contributed by atoms with E-state index in [0.717, 1.165) is 6.42 Å². The molecular weight excluding hydrogens is 96.1 g/mol. The molecule has 0 bridgehead atoms. The average Bonchev–Trinajstić information content (AvgIpc) is 1.81. The lowest BCUT2D eigenvalue weighted by atomic mass is 10.3. The van der Waals surface area contributed by atoms with Gasteiger partial charge in [0.25, 0.3) is 0 Å². The van der Waals surface area contributed by atoms with Crippen LogP contribution in [0.5, 0.6) is 0 Å². The number of rotatable bonds is 2. The Morgan fingerprint density at radius 1 is 1.38 bits per heavy atom. The van der Waals surface area contributed by atoms with E-state index >= 15 is 0 Å². The smallest absolute Gasteiger partial charge is 0.0271 e. The first kappa shape index (κ1) is 7.30. The van der Waals surface area contributed by atoms with E-state index in [-0.39, 0.29) is 0 Å². The second kappa shape index (κ2) is 6.30. The molecule has 0 nitrogen and oxygen atoms in total. The van der Waals surface area contributed by atoms with Gasteiger partial charge < -0.3 is 0 Å². The first-order valence-corrected chi connectivity index (χ1v) is 3.02. The van der Waals surface area contributed by atoms with Gasteiger partial charge in [0.15, 0.2) is 0 Å². The molecule has 0 heterocycles. The van der Waals surface area contributed by atoms with E-state index in [1.807, 2.05) is 19.1 Å². The Morgan fingerprint density at radius 3 is 2.62 bits per heavy atom. The van der Waals surface area contributed by atoms with E-state index in [0.29, 0.717) is 0 Å². The van der Waals surface area contributed by atoms with Crippen LogP contribution >= 0.6 is 0 Å². The van der Waals surface area contributed by atoms with Crippen LogP contribution in [0.2, 0.25) is 0 Å². The van der Waals surface area contributed by atoms with Gasteiger partial charge in [-0.3, -0.25) is 0 Å². The molecule has 44 valence electrons. The van der Waals surface area contributed by atoms with Gasteiger partial charge in [-0.15, -0.1) is 0 Å². The van der Waals surface area contributed by atoms with Crippen molar-refractivity contribution in [3.05, 3.63) is 23.6 Å². The molecule has 0 aliphatic carbocycles. The van der Waals surface area contributed by atoms with Crippen molar-refractivity contribution in [1.29, 1.82) is 0 Å². The van der Waals surface area contributed by atoms with Gasteiger partial charge in [-0.05, 0) is 25.5 Å². The third-order valence-electron chi connectivity index (χ3n) is 0.763. The summed E-state index contributed by atoms with van der Waals surface area (Å²) in [6.45, 7) is 4.08. The summed E-state index contributed by atoms with van der Waals surface area (Å²) < 4.78 is 0. The topological polar surface area (TPSA) is 0 Å². The van der Waals surface area contributed by atoms with Crippen molar-refractivity contribution in [2.45, 2.75) is 26.7 Å². The molecule has 0 aromatic rings. The molecule has 0 spiro atoms. The normalized spacial score (nSPS) is 6.75. The Labute approximate surface area is 51.2 Å². The molecule has 0 rings (SSSR count). The van der Waals surface area contributed by atoms with Crippen LogP contribution in [0.15, 0.2) is 23.6 Å². The van der Waals surface area contributed by atoms with E-state index in [1.54, 1.807) is 0 Å². The maximum absolute atomic E-state index is 2.91. The second-order valence-electron chi connectivity index (χ2n) is 1.57. The molecular formula is C8H12. The van der Waals surface area contributed by atoms with Crippen LogP contribution in [0.1, 0.15) is 26.7 Å². The summed E-state index contributed by atoms with van der Waals surface area (Å²) in [6, 6.07) is 0. The summed E-state index contributed by atoms with van der Waals surface area (Å²) in [7, 11) is 0. The summed E-state index contributed by atoms with van der Waals surface area (Å²) in [4.78, 5) is 0. The van der Waals surface area contributed by atoms with Gasteiger partial charge in [0.2, 0.25) is 0 Å². The molecule has 0 radical (unpaired) electrons. The molecule has 0 saturated carbocycles. The van der Waals surface area contributed by atoms with Gasteiger partial charge in [-0.1, -0.05) is 24.8 Å². The fourth-order valence-electron chi connectivity index (χ4n) is 0.359. The van der Waals surface area contributed by atoms with E-state index < -0.39 is 0 Å². The van der Waals surface area contributed by atoms with Gasteiger partial charge in [0.05, 0.1) is 0 Å². The van der Waals surface area contributed by atoms with Gasteiger partial charge in [-0.2, -0.15) is 0 Å². The van der Waals surface area contributed by atoms with Crippen molar-refractivity contribution in [3.63, 3.8) is 0 Å². The molecule has 0 aromatic heterocycles. The summed E-state index contributed by atoms with van der Waals surface area (Å²) in [5.74, 6) is 0. The van der Waals surface area contributed by atoms with E-state index in [9.17, 15) is 0 Å². The zero-order valence-corrected chi connectivity index (χ0v) is 5.57. The van der Waals surface area contributed by atoms with E-state index in [1.165, 1.54) is 6.42 Å². The number of hydrogen-bond donors (Lipinski definition) is 0. The number of hydrogen-bond acceptors (Lipinski definition) is 0. The summed E-state index contributed by atoms with van der Waals surface area (Å²) >= 11 is 0. The quantitative estimate of drug-likeness (QED) is 0.477. The minimum atomic E-state index is 1.11. The van der Waals surface area contributed by atoms with Crippen molar-refractivity contribution in [3.8, 4) is 0 Å². The molecule has 8 heavy (non-hydrogen) atoms. The highest BCUT2D eigenvalue weighted by Crippen LogP contribution is 1.84. The monoisotopic (exact) mass is 108 g/mol. The lowest BCUT2D eigenvalue weighted by molar-refractivity contribution is 0.960. The lowest BCUT2D eigenvalue weighted by Gasteiger charge is -1.73. The molecule has 0 amide bonds. The Kier molecular flexibility index (Phi) is 5.75. The van der Waals surface area contributed by atoms with Gasteiger partial charge in [0.1, 0.15) is 0 Å². The average molecular weight is 108 g/mol. The fraction of sp³-hybridized carbons (Fsp3) is 0.500. The summed E-state index contributed by atoms with van der Waals surface area (Å²) in [5, 5.41) is 0. The standard InChI is InChI=1S/C8H12/c1-3-5-7-8-6-4-2/h3,8H,4,6H2,1-2H3. The van der Waals surface area contributed by atoms with Crippen molar-refractivity contribution in [2.24, 2.45) is 0 Å². The van der Waals surface area contributed by atoms with Crippen molar-refractivity contribution in [2.75, 3.05) is 0 Å². The highest BCUT2D eigenvalue weighted by Gasteiger charge is 1.65. The first-order valence-electron chi connectivity index (χ1n) is 3.02. The number of allylic oxidation sites excluding steroid dienone is 2. The Hall–Kier alpha value is -0.700. The molecule has 0 fully saturated rings. The maximum atomic E-state index is 2.91. The Balaban J connectivity index is 3.48. The van der Waals surface area contributed by atoms with E-state index in [4.69, 9.17) is 0 Å². The largest absolute Gasteiger partial charge is 0.0753 e. The molecule has 0 aliphatic heterocycles. The number of unbranched alkanes of at least 4 members (excludes halogenated alkanes) is 1. The van der Waals surface area contributed by atoms with Crippen molar-refractivity contribution in [1.82, 2.24) is 0 Å². The Bertz CT molecular complexity index is 119. The highest BCUT2D eigenvalue weighted by molar-refractivity contribution is 4.83. The summed E-state index contributed by atoms with van der Waals surface area (Å²) in [6.07, 6.45) is 6.16. The third-order valence-corrected chi connectivity index (χ3v) is 0.763. The van der Waals surface area contributed by atoms with Crippen LogP contribution in [0.25, 0.3) is 0 Å². The van der Waals surface area contributed by atoms with Crippen LogP contribution in [0.3, 0.4) is 0 Å². The van der Waals surface area contributed by atoms with Gasteiger partial charge in [-0.25, -0.2) is 0 Å². The minimum absolute atomic E-state index is 1.11. The Morgan fingerprint density at radius 2 is 2.12 bits per heavy atom. The molecule has 0 aromatic carbocycles.